The molecule has 0 radical (unpaired) electrons. The average molecular weight is 237 g/mol. The van der Waals surface area contributed by atoms with Crippen molar-refractivity contribution in [3.8, 4) is 0 Å². The molecule has 1 unspecified atom stereocenters. The highest BCUT2D eigenvalue weighted by Gasteiger charge is 2.22. The highest BCUT2D eigenvalue weighted by atomic mass is 16.3. The molecule has 1 aliphatic rings. The van der Waals surface area contributed by atoms with E-state index in [0.29, 0.717) is 24.0 Å². The van der Waals surface area contributed by atoms with E-state index in [1.54, 1.807) is 0 Å². The molecule has 94 valence electrons. The molecule has 1 fully saturated rings. The van der Waals surface area contributed by atoms with Crippen molar-refractivity contribution in [2.75, 3.05) is 13.1 Å². The smallest absolute Gasteiger partial charge is 0.273 e. The van der Waals surface area contributed by atoms with Gasteiger partial charge in [0.2, 0.25) is 5.89 Å². The fourth-order valence-corrected chi connectivity index (χ4v) is 1.83. The van der Waals surface area contributed by atoms with Gasteiger partial charge in [0.25, 0.3) is 5.91 Å². The van der Waals surface area contributed by atoms with E-state index in [1.807, 2.05) is 0 Å². The van der Waals surface area contributed by atoms with Gasteiger partial charge in [0.05, 0.1) is 6.04 Å². The van der Waals surface area contributed by atoms with Crippen LogP contribution in [0.25, 0.3) is 0 Å². The van der Waals surface area contributed by atoms with Gasteiger partial charge >= 0.3 is 0 Å². The molecule has 0 aliphatic carbocycles. The van der Waals surface area contributed by atoms with Gasteiger partial charge in [0, 0.05) is 6.54 Å². The third-order valence-electron chi connectivity index (χ3n) is 2.78. The van der Waals surface area contributed by atoms with Crippen molar-refractivity contribution in [1.82, 2.24) is 15.6 Å². The maximum atomic E-state index is 11.7. The Kier molecular flexibility index (Phi) is 3.78. The monoisotopic (exact) mass is 237 g/mol. The van der Waals surface area contributed by atoms with Crippen molar-refractivity contribution in [2.45, 2.75) is 32.7 Å². The number of rotatable bonds is 4. The van der Waals surface area contributed by atoms with Gasteiger partial charge in [0.1, 0.15) is 6.26 Å². The average Bonchev–Trinajstić information content (AvgIpc) is 2.94. The lowest BCUT2D eigenvalue weighted by Crippen LogP contribution is -2.27. The Morgan fingerprint density at radius 1 is 1.71 bits per heavy atom. The van der Waals surface area contributed by atoms with Gasteiger partial charge in [-0.15, -0.1) is 0 Å². The molecule has 17 heavy (non-hydrogen) atoms. The van der Waals surface area contributed by atoms with Crippen LogP contribution in [0.4, 0.5) is 0 Å². The summed E-state index contributed by atoms with van der Waals surface area (Å²) < 4.78 is 5.34. The lowest BCUT2D eigenvalue weighted by Gasteiger charge is -2.05. The summed E-state index contributed by atoms with van der Waals surface area (Å²) in [5.41, 5.74) is 0.370. The zero-order valence-corrected chi connectivity index (χ0v) is 10.3. The molecule has 0 saturated carbocycles. The van der Waals surface area contributed by atoms with Crippen LogP contribution in [-0.2, 0) is 0 Å². The van der Waals surface area contributed by atoms with Crippen LogP contribution < -0.4 is 10.6 Å². The number of nitrogens with zero attached hydrogens (tertiary/aromatic N) is 1. The lowest BCUT2D eigenvalue weighted by atomic mass is 10.2. The molecule has 2 rings (SSSR count). The molecule has 5 nitrogen and oxygen atoms in total. The molecule has 0 spiro atoms. The molecule has 2 N–H and O–H groups in total. The molecule has 0 bridgehead atoms. The van der Waals surface area contributed by atoms with Crippen LogP contribution in [-0.4, -0.2) is 24.0 Å². The number of oxazole rings is 1. The highest BCUT2D eigenvalue weighted by molar-refractivity contribution is 5.91. The molecule has 1 atom stereocenters. The van der Waals surface area contributed by atoms with Crippen molar-refractivity contribution in [3.63, 3.8) is 0 Å². The van der Waals surface area contributed by atoms with E-state index in [2.05, 4.69) is 29.5 Å². The minimum atomic E-state index is -0.160. The van der Waals surface area contributed by atoms with Crippen LogP contribution in [0.1, 0.15) is 49.1 Å². The molecule has 1 aromatic rings. The summed E-state index contributed by atoms with van der Waals surface area (Å²) in [6, 6.07) is 0.168. The van der Waals surface area contributed by atoms with Crippen molar-refractivity contribution in [2.24, 2.45) is 5.92 Å². The Hall–Kier alpha value is -1.36. The van der Waals surface area contributed by atoms with E-state index in [9.17, 15) is 4.79 Å². The van der Waals surface area contributed by atoms with E-state index in [4.69, 9.17) is 4.42 Å². The summed E-state index contributed by atoms with van der Waals surface area (Å²) in [4.78, 5) is 16.0. The van der Waals surface area contributed by atoms with Gasteiger partial charge in [-0.05, 0) is 25.3 Å². The third-order valence-corrected chi connectivity index (χ3v) is 2.78. The second kappa shape index (κ2) is 5.31. The fraction of sp³-hybridized carbons (Fsp3) is 0.667. The van der Waals surface area contributed by atoms with Gasteiger partial charge < -0.3 is 15.1 Å². The molecule has 1 amide bonds. The maximum Gasteiger partial charge on any atom is 0.273 e. The Morgan fingerprint density at radius 3 is 3.18 bits per heavy atom. The van der Waals surface area contributed by atoms with Gasteiger partial charge in [-0.25, -0.2) is 4.98 Å². The van der Waals surface area contributed by atoms with E-state index in [1.165, 1.54) is 6.26 Å². The Labute approximate surface area is 101 Å². The Morgan fingerprint density at radius 2 is 2.53 bits per heavy atom. The number of aromatic nitrogens is 1. The third kappa shape index (κ3) is 3.06. The zero-order chi connectivity index (χ0) is 12.3. The van der Waals surface area contributed by atoms with Crippen LogP contribution in [0.3, 0.4) is 0 Å². The van der Waals surface area contributed by atoms with Gasteiger partial charge in [0.15, 0.2) is 5.69 Å². The van der Waals surface area contributed by atoms with Crippen molar-refractivity contribution >= 4 is 5.91 Å². The number of carbonyl (C=O) groups excluding carboxylic acids is 1. The second-order valence-corrected chi connectivity index (χ2v) is 4.82. The number of carbonyl (C=O) groups is 1. The molecular formula is C12H19N3O2. The standard InChI is InChI=1S/C12H19N3O2/c1-8(2)6-14-11(16)10-7-17-12(15-10)9-4-3-5-13-9/h7-9,13H,3-6H2,1-2H3,(H,14,16). The topological polar surface area (TPSA) is 67.2 Å². The van der Waals surface area contributed by atoms with Crippen LogP contribution in [0.15, 0.2) is 10.7 Å². The normalized spacial score (nSPS) is 19.8. The van der Waals surface area contributed by atoms with Gasteiger partial charge in [-0.1, -0.05) is 13.8 Å². The largest absolute Gasteiger partial charge is 0.446 e. The molecule has 1 aromatic heterocycles. The minimum Gasteiger partial charge on any atom is -0.446 e. The zero-order valence-electron chi connectivity index (χ0n) is 10.3. The predicted octanol–water partition coefficient (Wildman–Crippen LogP) is 1.48. The summed E-state index contributed by atoms with van der Waals surface area (Å²) in [7, 11) is 0. The molecule has 0 aromatic carbocycles. The van der Waals surface area contributed by atoms with E-state index in [-0.39, 0.29) is 11.9 Å². The van der Waals surface area contributed by atoms with E-state index in [0.717, 1.165) is 19.4 Å². The number of nitrogens with one attached hydrogen (secondary N) is 2. The summed E-state index contributed by atoms with van der Waals surface area (Å²) in [6.45, 7) is 5.75. The Balaban J connectivity index is 1.95. The first kappa shape index (κ1) is 12.1. The van der Waals surface area contributed by atoms with Crippen LogP contribution in [0, 0.1) is 5.92 Å². The molecular weight excluding hydrogens is 218 g/mol. The Bertz CT molecular complexity index is 381. The first-order valence-corrected chi connectivity index (χ1v) is 6.14. The van der Waals surface area contributed by atoms with Crippen molar-refractivity contribution in [1.29, 1.82) is 0 Å². The van der Waals surface area contributed by atoms with Gasteiger partial charge in [-0.2, -0.15) is 0 Å². The molecule has 5 heteroatoms. The SMILES string of the molecule is CC(C)CNC(=O)c1coc(C2CCCN2)n1. The van der Waals surface area contributed by atoms with Gasteiger partial charge in [-0.3, -0.25) is 4.79 Å². The molecule has 1 aliphatic heterocycles. The number of hydrogen-bond acceptors (Lipinski definition) is 4. The van der Waals surface area contributed by atoms with Crippen LogP contribution >= 0.6 is 0 Å². The quantitative estimate of drug-likeness (QED) is 0.832. The predicted molar refractivity (Wildman–Crippen MR) is 63.7 cm³/mol. The minimum absolute atomic E-state index is 0.160. The highest BCUT2D eigenvalue weighted by Crippen LogP contribution is 2.21. The summed E-state index contributed by atoms with van der Waals surface area (Å²) >= 11 is 0. The summed E-state index contributed by atoms with van der Waals surface area (Å²) in [6.07, 6.45) is 3.58. The second-order valence-electron chi connectivity index (χ2n) is 4.82. The molecule has 2 heterocycles. The van der Waals surface area contributed by atoms with Crippen LogP contribution in [0.5, 0.6) is 0 Å². The van der Waals surface area contributed by atoms with Crippen molar-refractivity contribution < 1.29 is 9.21 Å². The first-order valence-electron chi connectivity index (χ1n) is 6.14. The number of amides is 1. The maximum absolute atomic E-state index is 11.7. The van der Waals surface area contributed by atoms with E-state index < -0.39 is 0 Å². The fourth-order valence-electron chi connectivity index (χ4n) is 1.83. The molecule has 1 saturated heterocycles. The lowest BCUT2D eigenvalue weighted by molar-refractivity contribution is 0.0944. The van der Waals surface area contributed by atoms with E-state index >= 15 is 0 Å². The van der Waals surface area contributed by atoms with Crippen molar-refractivity contribution in [3.05, 3.63) is 17.8 Å². The number of hydrogen-bond donors (Lipinski definition) is 2. The van der Waals surface area contributed by atoms with Crippen LogP contribution in [0.2, 0.25) is 0 Å². The summed E-state index contributed by atoms with van der Waals surface area (Å²) in [5.74, 6) is 0.894. The summed E-state index contributed by atoms with van der Waals surface area (Å²) in [5, 5.41) is 6.11. The first-order chi connectivity index (χ1) is 8.16.